The third-order valence-corrected chi connectivity index (χ3v) is 7.31. The minimum atomic E-state index is -0.337. The number of nitrogens with zero attached hydrogens (tertiary/aromatic N) is 1. The summed E-state index contributed by atoms with van der Waals surface area (Å²) in [6.07, 6.45) is 0. The fraction of sp³-hybridized carbons (Fsp3) is 0.0625. The Morgan fingerprint density at radius 2 is 1.03 bits per heavy atom. The van der Waals surface area contributed by atoms with Crippen LogP contribution in [-0.4, -0.2) is 0 Å². The van der Waals surface area contributed by atoms with Crippen LogP contribution in [-0.2, 0) is 5.41 Å². The summed E-state index contributed by atoms with van der Waals surface area (Å²) in [5.41, 5.74) is 12.7. The maximum atomic E-state index is 2.43. The van der Waals surface area contributed by atoms with Crippen molar-refractivity contribution in [1.82, 2.24) is 0 Å². The van der Waals surface area contributed by atoms with Gasteiger partial charge in [-0.2, -0.15) is 0 Å². The number of para-hydroxylation sites is 2. The van der Waals surface area contributed by atoms with E-state index < -0.39 is 0 Å². The van der Waals surface area contributed by atoms with Gasteiger partial charge in [0.2, 0.25) is 0 Å². The maximum Gasteiger partial charge on any atom is 0.0754 e. The van der Waals surface area contributed by atoms with E-state index in [1.807, 2.05) is 0 Å². The smallest absolute Gasteiger partial charge is 0.0754 e. The third-order valence-electron chi connectivity index (χ3n) is 7.31. The first-order chi connectivity index (χ1) is 16.3. The van der Waals surface area contributed by atoms with Crippen LogP contribution in [0, 0.1) is 6.92 Å². The molecular weight excluding hydrogens is 398 g/mol. The zero-order valence-corrected chi connectivity index (χ0v) is 18.5. The molecule has 0 unspecified atom stereocenters. The van der Waals surface area contributed by atoms with Crippen LogP contribution in [0.15, 0.2) is 121 Å². The third kappa shape index (κ3) is 2.32. The van der Waals surface area contributed by atoms with Crippen molar-refractivity contribution in [2.75, 3.05) is 4.90 Å². The first-order valence-corrected chi connectivity index (χ1v) is 11.6. The van der Waals surface area contributed by atoms with Gasteiger partial charge in [-0.3, -0.25) is 0 Å². The van der Waals surface area contributed by atoms with E-state index in [1.54, 1.807) is 0 Å². The van der Waals surface area contributed by atoms with E-state index in [0.29, 0.717) is 0 Å². The van der Waals surface area contributed by atoms with E-state index in [2.05, 4.69) is 133 Å². The van der Waals surface area contributed by atoms with Crippen molar-refractivity contribution in [3.05, 3.63) is 149 Å². The number of aryl methyl sites for hydroxylation is 1. The lowest BCUT2D eigenvalue weighted by atomic mass is 9.64. The molecule has 1 aliphatic carbocycles. The molecule has 0 aromatic heterocycles. The average Bonchev–Trinajstić information content (AvgIpc) is 3.17. The van der Waals surface area contributed by atoms with Crippen LogP contribution in [0.1, 0.15) is 27.8 Å². The molecule has 5 aromatic rings. The molecule has 156 valence electrons. The highest BCUT2D eigenvalue weighted by molar-refractivity contribution is 5.95. The molecule has 0 bridgehead atoms. The molecule has 0 saturated heterocycles. The van der Waals surface area contributed by atoms with E-state index in [9.17, 15) is 0 Å². The van der Waals surface area contributed by atoms with E-state index in [1.165, 1.54) is 56.0 Å². The molecule has 1 aliphatic heterocycles. The highest BCUT2D eigenvalue weighted by Crippen LogP contribution is 2.63. The topological polar surface area (TPSA) is 3.24 Å². The van der Waals surface area contributed by atoms with Gasteiger partial charge < -0.3 is 4.90 Å². The summed E-state index contributed by atoms with van der Waals surface area (Å²) in [6, 6.07) is 44.6. The lowest BCUT2D eigenvalue weighted by Gasteiger charge is -2.45. The van der Waals surface area contributed by atoms with Gasteiger partial charge in [0.05, 0.1) is 16.8 Å². The average molecular weight is 422 g/mol. The normalized spacial score (nSPS) is 14.4. The number of rotatable bonds is 1. The summed E-state index contributed by atoms with van der Waals surface area (Å²) >= 11 is 0. The summed E-state index contributed by atoms with van der Waals surface area (Å²) < 4.78 is 0. The van der Waals surface area contributed by atoms with Gasteiger partial charge in [-0.05, 0) is 64.6 Å². The van der Waals surface area contributed by atoms with Gasteiger partial charge in [0, 0.05) is 5.69 Å². The predicted octanol–water partition coefficient (Wildman–Crippen LogP) is 8.14. The molecule has 7 rings (SSSR count). The first-order valence-electron chi connectivity index (χ1n) is 11.6. The monoisotopic (exact) mass is 421 g/mol. The summed E-state index contributed by atoms with van der Waals surface area (Å²) in [7, 11) is 0. The molecule has 1 nitrogen and oxygen atoms in total. The van der Waals surface area contributed by atoms with Crippen LogP contribution < -0.4 is 4.90 Å². The van der Waals surface area contributed by atoms with Crippen molar-refractivity contribution < 1.29 is 0 Å². The van der Waals surface area contributed by atoms with Gasteiger partial charge in [-0.25, -0.2) is 0 Å². The molecule has 1 heteroatoms. The van der Waals surface area contributed by atoms with Crippen molar-refractivity contribution in [1.29, 1.82) is 0 Å². The second-order valence-corrected chi connectivity index (χ2v) is 9.05. The molecule has 2 aliphatic rings. The zero-order chi connectivity index (χ0) is 22.0. The Labute approximate surface area is 194 Å². The summed E-state index contributed by atoms with van der Waals surface area (Å²) in [6.45, 7) is 2.20. The van der Waals surface area contributed by atoms with Gasteiger partial charge in [-0.1, -0.05) is 103 Å². The zero-order valence-electron chi connectivity index (χ0n) is 18.5. The Morgan fingerprint density at radius 1 is 0.485 bits per heavy atom. The van der Waals surface area contributed by atoms with E-state index in [-0.39, 0.29) is 5.41 Å². The fourth-order valence-electron chi connectivity index (χ4n) is 6.08. The van der Waals surface area contributed by atoms with Gasteiger partial charge in [0.15, 0.2) is 0 Å². The lowest BCUT2D eigenvalue weighted by molar-refractivity contribution is 0.751. The van der Waals surface area contributed by atoms with Crippen LogP contribution in [0.5, 0.6) is 0 Å². The number of hydrogen-bond donors (Lipinski definition) is 0. The van der Waals surface area contributed by atoms with Crippen LogP contribution in [0.3, 0.4) is 0 Å². The van der Waals surface area contributed by atoms with Gasteiger partial charge >= 0.3 is 0 Å². The van der Waals surface area contributed by atoms with Crippen molar-refractivity contribution in [3.63, 3.8) is 0 Å². The van der Waals surface area contributed by atoms with Gasteiger partial charge in [0.25, 0.3) is 0 Å². The minimum absolute atomic E-state index is 0.337. The summed E-state index contributed by atoms with van der Waals surface area (Å²) in [5, 5.41) is 0. The standard InChI is InChI=1S/C32H23N/c1-22-19-20-31-29(21-22)32(26-15-7-5-13-24(26)25-14-6-8-16-27(25)32)28-17-9-10-18-30(28)33(31)23-11-3-2-4-12-23/h2-21H,1H3. The van der Waals surface area contributed by atoms with E-state index in [0.717, 1.165) is 0 Å². The van der Waals surface area contributed by atoms with Gasteiger partial charge in [-0.15, -0.1) is 0 Å². The molecule has 0 atom stereocenters. The minimum Gasteiger partial charge on any atom is -0.310 e. The fourth-order valence-corrected chi connectivity index (χ4v) is 6.08. The first kappa shape index (κ1) is 18.5. The molecule has 5 aromatic carbocycles. The second kappa shape index (κ2) is 6.70. The molecular formula is C32H23N. The molecule has 0 fully saturated rings. The van der Waals surface area contributed by atoms with Crippen LogP contribution in [0.2, 0.25) is 0 Å². The summed E-state index contributed by atoms with van der Waals surface area (Å²) in [5.74, 6) is 0. The Hall–Kier alpha value is -4.10. The molecule has 0 radical (unpaired) electrons. The number of anilines is 3. The SMILES string of the molecule is Cc1ccc2c(c1)C1(c3ccccc3-c3ccccc31)c1ccccc1N2c1ccccc1. The van der Waals surface area contributed by atoms with Crippen molar-refractivity contribution in [3.8, 4) is 11.1 Å². The van der Waals surface area contributed by atoms with Crippen LogP contribution in [0.25, 0.3) is 11.1 Å². The highest BCUT2D eigenvalue weighted by atomic mass is 15.2. The maximum absolute atomic E-state index is 2.43. The predicted molar refractivity (Wildman–Crippen MR) is 137 cm³/mol. The number of hydrogen-bond acceptors (Lipinski definition) is 1. The quantitative estimate of drug-likeness (QED) is 0.258. The number of fused-ring (bicyclic) bond motifs is 9. The molecule has 0 N–H and O–H groups in total. The van der Waals surface area contributed by atoms with Crippen molar-refractivity contribution in [2.45, 2.75) is 12.3 Å². The van der Waals surface area contributed by atoms with Gasteiger partial charge in [0.1, 0.15) is 0 Å². The van der Waals surface area contributed by atoms with E-state index in [4.69, 9.17) is 0 Å². The number of benzene rings is 5. The highest BCUT2D eigenvalue weighted by Gasteiger charge is 2.51. The Kier molecular flexibility index (Phi) is 3.75. The van der Waals surface area contributed by atoms with Crippen LogP contribution >= 0.6 is 0 Å². The largest absolute Gasteiger partial charge is 0.310 e. The second-order valence-electron chi connectivity index (χ2n) is 9.05. The molecule has 0 amide bonds. The summed E-state index contributed by atoms with van der Waals surface area (Å²) in [4.78, 5) is 2.43. The Balaban J connectivity index is 1.68. The Morgan fingerprint density at radius 3 is 1.73 bits per heavy atom. The lowest BCUT2D eigenvalue weighted by Crippen LogP contribution is -2.36. The molecule has 1 spiro atoms. The molecule has 1 heterocycles. The van der Waals surface area contributed by atoms with E-state index >= 15 is 0 Å². The van der Waals surface area contributed by atoms with Crippen LogP contribution in [0.4, 0.5) is 17.1 Å². The van der Waals surface area contributed by atoms with Crippen molar-refractivity contribution in [2.24, 2.45) is 0 Å². The Bertz CT molecular complexity index is 1480. The molecule has 0 saturated carbocycles. The molecule has 33 heavy (non-hydrogen) atoms. The van der Waals surface area contributed by atoms with Crippen molar-refractivity contribution >= 4 is 17.1 Å².